The van der Waals surface area contributed by atoms with Crippen LogP contribution in [0.3, 0.4) is 0 Å². The molecule has 0 atom stereocenters. The van der Waals surface area contributed by atoms with Gasteiger partial charge in [-0.1, -0.05) is 43.5 Å². The minimum Gasteiger partial charge on any atom is -0.396 e. The van der Waals surface area contributed by atoms with Crippen LogP contribution in [0.2, 0.25) is 0 Å². The molecule has 0 aromatic heterocycles. The fourth-order valence-corrected chi connectivity index (χ4v) is 5.34. The van der Waals surface area contributed by atoms with Crippen molar-refractivity contribution in [2.75, 3.05) is 39.5 Å². The van der Waals surface area contributed by atoms with Crippen molar-refractivity contribution in [2.24, 2.45) is 10.4 Å². The summed E-state index contributed by atoms with van der Waals surface area (Å²) in [4.78, 5) is 5.01. The largest absolute Gasteiger partial charge is 0.396 e. The van der Waals surface area contributed by atoms with Crippen LogP contribution >= 0.6 is 24.0 Å². The topological polar surface area (TPSA) is 65.9 Å². The normalized spacial score (nSPS) is 20.5. The fraction of sp³-hybridized carbons (Fsp3) is 0.720. The molecule has 1 aliphatic heterocycles. The zero-order chi connectivity index (χ0) is 21.3. The van der Waals surface area contributed by atoms with E-state index in [-0.39, 0.29) is 41.4 Å². The van der Waals surface area contributed by atoms with E-state index in [4.69, 9.17) is 9.73 Å². The van der Waals surface area contributed by atoms with Crippen LogP contribution in [0.1, 0.15) is 69.4 Å². The number of aliphatic hydroxyl groups excluding tert-OH is 1. The second-order valence-corrected chi connectivity index (χ2v) is 9.29. The summed E-state index contributed by atoms with van der Waals surface area (Å²) < 4.78 is 5.71. The average Bonchev–Trinajstić information content (AvgIpc) is 2.77. The number of aliphatic imine (C=N–C) groups is 1. The summed E-state index contributed by atoms with van der Waals surface area (Å²) in [5.41, 5.74) is 3.03. The van der Waals surface area contributed by atoms with Crippen molar-refractivity contribution in [3.63, 3.8) is 0 Å². The Kier molecular flexibility index (Phi) is 11.1. The van der Waals surface area contributed by atoms with Gasteiger partial charge in [0, 0.05) is 44.9 Å². The molecule has 1 aromatic carbocycles. The Morgan fingerprint density at radius 1 is 1.06 bits per heavy atom. The maximum absolute atomic E-state index is 9.62. The molecule has 2 fully saturated rings. The van der Waals surface area contributed by atoms with Crippen LogP contribution in [-0.2, 0) is 10.2 Å². The first-order valence-electron chi connectivity index (χ1n) is 11.9. The van der Waals surface area contributed by atoms with Crippen LogP contribution in [0.25, 0.3) is 0 Å². The Morgan fingerprint density at radius 2 is 1.77 bits per heavy atom. The van der Waals surface area contributed by atoms with Crippen molar-refractivity contribution in [3.05, 3.63) is 35.4 Å². The number of aliphatic hydroxyl groups is 1. The molecule has 3 rings (SSSR count). The average molecular weight is 544 g/mol. The van der Waals surface area contributed by atoms with E-state index < -0.39 is 0 Å². The Labute approximate surface area is 205 Å². The van der Waals surface area contributed by atoms with Gasteiger partial charge in [-0.15, -0.1) is 24.0 Å². The van der Waals surface area contributed by atoms with Gasteiger partial charge in [-0.3, -0.25) is 4.99 Å². The van der Waals surface area contributed by atoms with Gasteiger partial charge in [0.1, 0.15) is 0 Å². The fourth-order valence-electron chi connectivity index (χ4n) is 5.34. The van der Waals surface area contributed by atoms with Gasteiger partial charge in [0.15, 0.2) is 5.96 Å². The van der Waals surface area contributed by atoms with E-state index in [0.717, 1.165) is 58.1 Å². The Bertz CT molecular complexity index is 678. The Hall–Kier alpha value is -0.860. The van der Waals surface area contributed by atoms with Crippen LogP contribution in [0.15, 0.2) is 29.3 Å². The second kappa shape index (κ2) is 13.0. The van der Waals surface area contributed by atoms with Crippen molar-refractivity contribution in [3.8, 4) is 0 Å². The Balaban J connectivity index is 0.00000341. The first kappa shape index (κ1) is 26.4. The van der Waals surface area contributed by atoms with E-state index >= 15 is 0 Å². The molecule has 3 N–H and O–H groups in total. The number of aryl methyl sites for hydroxylation is 1. The van der Waals surface area contributed by atoms with Gasteiger partial charge in [0.2, 0.25) is 0 Å². The van der Waals surface area contributed by atoms with Gasteiger partial charge in [-0.25, -0.2) is 0 Å². The molecule has 1 saturated heterocycles. The molecule has 6 heteroatoms. The van der Waals surface area contributed by atoms with Crippen LogP contribution in [0, 0.1) is 12.3 Å². The number of halogens is 1. The van der Waals surface area contributed by atoms with Gasteiger partial charge in [-0.05, 0) is 62.5 Å². The first-order valence-corrected chi connectivity index (χ1v) is 11.9. The van der Waals surface area contributed by atoms with E-state index in [1.54, 1.807) is 0 Å². The molecule has 0 unspecified atom stereocenters. The standard InChI is InChI=1S/C25H41N3O2.HI/c1-3-26-23(27-19-24(13-16-29)11-7-4-8-12-24)28-20-25(14-17-30-18-15-25)22-10-6-5-9-21(22)2;/h5-6,9-10,29H,3-4,7-8,11-20H2,1-2H3,(H2,26,27,28);1H. The number of nitrogens with zero attached hydrogens (tertiary/aromatic N) is 1. The molecule has 31 heavy (non-hydrogen) atoms. The van der Waals surface area contributed by atoms with Gasteiger partial charge in [0.25, 0.3) is 0 Å². The molecule has 0 bridgehead atoms. The zero-order valence-electron chi connectivity index (χ0n) is 19.4. The Morgan fingerprint density at radius 3 is 2.42 bits per heavy atom. The summed E-state index contributed by atoms with van der Waals surface area (Å²) in [6.07, 6.45) is 9.11. The molecule has 1 saturated carbocycles. The molecular formula is C25H42IN3O2. The number of nitrogens with one attached hydrogen (secondary N) is 2. The van der Waals surface area contributed by atoms with E-state index in [1.165, 1.54) is 43.2 Å². The van der Waals surface area contributed by atoms with Crippen LogP contribution in [0.5, 0.6) is 0 Å². The van der Waals surface area contributed by atoms with Crippen molar-refractivity contribution in [1.29, 1.82) is 0 Å². The molecule has 1 aromatic rings. The third-order valence-corrected chi connectivity index (χ3v) is 7.23. The summed E-state index contributed by atoms with van der Waals surface area (Å²) in [5.74, 6) is 0.903. The summed E-state index contributed by atoms with van der Waals surface area (Å²) in [7, 11) is 0. The highest BCUT2D eigenvalue weighted by Gasteiger charge is 2.36. The molecule has 5 nitrogen and oxygen atoms in total. The van der Waals surface area contributed by atoms with E-state index in [2.05, 4.69) is 48.7 Å². The molecule has 176 valence electrons. The molecule has 2 aliphatic rings. The van der Waals surface area contributed by atoms with E-state index in [1.807, 2.05) is 0 Å². The summed E-state index contributed by atoms with van der Waals surface area (Å²) in [6, 6.07) is 8.77. The lowest BCUT2D eigenvalue weighted by Crippen LogP contribution is -2.48. The third-order valence-electron chi connectivity index (χ3n) is 7.23. The summed E-state index contributed by atoms with van der Waals surface area (Å²) in [5, 5.41) is 16.7. The number of benzene rings is 1. The quantitative estimate of drug-likeness (QED) is 0.256. The first-order chi connectivity index (χ1) is 14.6. The van der Waals surface area contributed by atoms with E-state index in [9.17, 15) is 5.11 Å². The molecule has 0 spiro atoms. The van der Waals surface area contributed by atoms with Gasteiger partial charge in [0.05, 0.1) is 0 Å². The van der Waals surface area contributed by atoms with E-state index in [0.29, 0.717) is 0 Å². The lowest BCUT2D eigenvalue weighted by atomic mass is 9.72. The highest BCUT2D eigenvalue weighted by molar-refractivity contribution is 14.0. The maximum atomic E-state index is 9.62. The predicted octanol–water partition coefficient (Wildman–Crippen LogP) is 4.55. The van der Waals surface area contributed by atoms with Crippen molar-refractivity contribution in [1.82, 2.24) is 10.6 Å². The minimum absolute atomic E-state index is 0. The van der Waals surface area contributed by atoms with Crippen LogP contribution < -0.4 is 10.6 Å². The number of ether oxygens (including phenoxy) is 1. The zero-order valence-corrected chi connectivity index (χ0v) is 21.8. The predicted molar refractivity (Wildman–Crippen MR) is 140 cm³/mol. The number of hydrogen-bond acceptors (Lipinski definition) is 3. The lowest BCUT2D eigenvalue weighted by Gasteiger charge is -2.39. The smallest absolute Gasteiger partial charge is 0.191 e. The molecule has 1 aliphatic carbocycles. The number of hydrogen-bond donors (Lipinski definition) is 3. The lowest BCUT2D eigenvalue weighted by molar-refractivity contribution is 0.0511. The summed E-state index contributed by atoms with van der Waals surface area (Å²) in [6.45, 7) is 8.71. The van der Waals surface area contributed by atoms with Gasteiger partial charge >= 0.3 is 0 Å². The summed E-state index contributed by atoms with van der Waals surface area (Å²) >= 11 is 0. The van der Waals surface area contributed by atoms with Crippen molar-refractivity contribution < 1.29 is 9.84 Å². The van der Waals surface area contributed by atoms with Crippen LogP contribution in [-0.4, -0.2) is 50.5 Å². The highest BCUT2D eigenvalue weighted by Crippen LogP contribution is 2.39. The van der Waals surface area contributed by atoms with Crippen molar-refractivity contribution in [2.45, 2.75) is 70.6 Å². The molecular weight excluding hydrogens is 501 g/mol. The SMILES string of the molecule is CCNC(=NCC1(CCO)CCCCC1)NCC1(c2ccccc2C)CCOCC1.I. The monoisotopic (exact) mass is 543 g/mol. The minimum atomic E-state index is 0. The molecule has 0 amide bonds. The van der Waals surface area contributed by atoms with Gasteiger partial charge < -0.3 is 20.5 Å². The van der Waals surface area contributed by atoms with Gasteiger partial charge in [-0.2, -0.15) is 0 Å². The number of guanidine groups is 1. The third kappa shape index (κ3) is 7.06. The number of rotatable bonds is 8. The van der Waals surface area contributed by atoms with Crippen LogP contribution in [0.4, 0.5) is 0 Å². The maximum Gasteiger partial charge on any atom is 0.191 e. The molecule has 1 heterocycles. The molecule has 0 radical (unpaired) electrons. The highest BCUT2D eigenvalue weighted by atomic mass is 127. The second-order valence-electron chi connectivity index (χ2n) is 9.29. The van der Waals surface area contributed by atoms with Crippen molar-refractivity contribution >= 4 is 29.9 Å².